The minimum absolute atomic E-state index is 0.524. The van der Waals surface area contributed by atoms with Gasteiger partial charge in [-0.2, -0.15) is 0 Å². The first-order valence-corrected chi connectivity index (χ1v) is 8.23. The van der Waals surface area contributed by atoms with Crippen molar-refractivity contribution in [1.29, 1.82) is 0 Å². The maximum absolute atomic E-state index is 9.39. The summed E-state index contributed by atoms with van der Waals surface area (Å²) in [6, 6.07) is 0. The maximum atomic E-state index is 9.39. The number of aliphatic hydroxyl groups is 1. The molecule has 1 heterocycles. The summed E-state index contributed by atoms with van der Waals surface area (Å²) in [5.41, 5.74) is 0. The largest absolute Gasteiger partial charge is 0.381 e. The van der Waals surface area contributed by atoms with Gasteiger partial charge in [0.15, 0.2) is 0 Å². The van der Waals surface area contributed by atoms with Gasteiger partial charge in [0.25, 0.3) is 0 Å². The van der Waals surface area contributed by atoms with Gasteiger partial charge in [-0.3, -0.25) is 0 Å². The lowest BCUT2D eigenvalue weighted by atomic mass is 10.1. The Bertz CT molecular complexity index is 276. The van der Waals surface area contributed by atoms with Crippen LogP contribution in [0.2, 0.25) is 0 Å². The molecule has 0 spiro atoms. The van der Waals surface area contributed by atoms with Crippen LogP contribution in [0.3, 0.4) is 0 Å². The minimum atomic E-state index is -0.524. The second kappa shape index (κ2) is 12.2. The molecule has 1 N–H and O–H groups in total. The Morgan fingerprint density at radius 3 is 2.55 bits per heavy atom. The van der Waals surface area contributed by atoms with E-state index in [0.717, 1.165) is 13.0 Å². The molecule has 0 aromatic rings. The van der Waals surface area contributed by atoms with Gasteiger partial charge in [0.05, 0.1) is 0 Å². The third-order valence-corrected chi connectivity index (χ3v) is 3.81. The molecule has 3 heteroatoms. The average molecular weight is 281 g/mol. The number of rotatable bonds is 10. The monoisotopic (exact) mass is 281 g/mol. The number of piperidine rings is 1. The van der Waals surface area contributed by atoms with Crippen LogP contribution in [0.1, 0.15) is 58.3 Å². The number of aliphatic hydroxyl groups excluding tert-OH is 1. The molecule has 1 unspecified atom stereocenters. The molecule has 1 fully saturated rings. The molecule has 1 rings (SSSR count). The van der Waals surface area contributed by atoms with Crippen LogP contribution < -0.4 is 0 Å². The van der Waals surface area contributed by atoms with E-state index in [2.05, 4.69) is 16.7 Å². The zero-order chi connectivity index (χ0) is 14.5. The van der Waals surface area contributed by atoms with Crippen LogP contribution in [0.5, 0.6) is 0 Å². The molecule has 0 aliphatic carbocycles. The van der Waals surface area contributed by atoms with Gasteiger partial charge in [0, 0.05) is 19.6 Å². The molecule has 0 amide bonds. The molecule has 0 radical (unpaired) electrons. The van der Waals surface area contributed by atoms with E-state index in [9.17, 15) is 5.11 Å². The first-order chi connectivity index (χ1) is 9.83. The van der Waals surface area contributed by atoms with Gasteiger partial charge in [-0.15, -0.1) is 5.92 Å². The van der Waals surface area contributed by atoms with Crippen molar-refractivity contribution in [3.63, 3.8) is 0 Å². The highest BCUT2D eigenvalue weighted by Gasteiger charge is 2.08. The van der Waals surface area contributed by atoms with E-state index in [1.807, 2.05) is 0 Å². The lowest BCUT2D eigenvalue weighted by molar-refractivity contribution is 0.0981. The highest BCUT2D eigenvalue weighted by Crippen LogP contribution is 2.10. The first kappa shape index (κ1) is 17.5. The van der Waals surface area contributed by atoms with Gasteiger partial charge in [-0.25, -0.2) is 0 Å². The smallest absolute Gasteiger partial charge is 0.116 e. The summed E-state index contributed by atoms with van der Waals surface area (Å²) in [4.78, 5) is 2.61. The minimum Gasteiger partial charge on any atom is -0.381 e. The third kappa shape index (κ3) is 9.36. The Labute approximate surface area is 124 Å². The zero-order valence-electron chi connectivity index (χ0n) is 13.1. The van der Waals surface area contributed by atoms with Crippen molar-refractivity contribution in [2.45, 2.75) is 64.4 Å². The van der Waals surface area contributed by atoms with Crippen LogP contribution in [0, 0.1) is 11.8 Å². The van der Waals surface area contributed by atoms with Crippen molar-refractivity contribution in [3.8, 4) is 11.8 Å². The molecule has 0 aromatic heterocycles. The highest BCUT2D eigenvalue weighted by molar-refractivity contribution is 5.01. The van der Waals surface area contributed by atoms with E-state index in [1.165, 1.54) is 58.2 Å². The summed E-state index contributed by atoms with van der Waals surface area (Å²) in [7, 11) is 0. The molecule has 116 valence electrons. The van der Waals surface area contributed by atoms with Gasteiger partial charge in [0.2, 0.25) is 0 Å². The van der Waals surface area contributed by atoms with Crippen LogP contribution in [0.4, 0.5) is 0 Å². The van der Waals surface area contributed by atoms with Crippen molar-refractivity contribution in [3.05, 3.63) is 0 Å². The topological polar surface area (TPSA) is 32.7 Å². The van der Waals surface area contributed by atoms with Gasteiger partial charge in [-0.05, 0) is 52.2 Å². The normalized spacial score (nSPS) is 17.5. The summed E-state index contributed by atoms with van der Waals surface area (Å²) < 4.78 is 5.51. The lowest BCUT2D eigenvalue weighted by Crippen LogP contribution is -2.30. The standard InChI is InChI=1S/C17H31NO2/c1-2-10-17(19)11-16-20-15-9-4-3-6-12-18-13-7-5-8-14-18/h17,19H,3-9,11-16H2,1H3. The number of unbranched alkanes of at least 4 members (excludes halogenated alkanes) is 3. The van der Waals surface area contributed by atoms with Crippen LogP contribution in [-0.4, -0.2) is 49.0 Å². The first-order valence-electron chi connectivity index (χ1n) is 8.23. The fourth-order valence-corrected chi connectivity index (χ4v) is 2.61. The zero-order valence-corrected chi connectivity index (χ0v) is 13.1. The van der Waals surface area contributed by atoms with Crippen LogP contribution >= 0.6 is 0 Å². The predicted octanol–water partition coefficient (Wildman–Crippen LogP) is 2.82. The summed E-state index contributed by atoms with van der Waals surface area (Å²) in [6.45, 7) is 7.08. The Kier molecular flexibility index (Phi) is 10.7. The van der Waals surface area contributed by atoms with Crippen molar-refractivity contribution >= 4 is 0 Å². The van der Waals surface area contributed by atoms with Crippen LogP contribution in [-0.2, 0) is 4.74 Å². The number of likely N-dealkylation sites (tertiary alicyclic amines) is 1. The van der Waals surface area contributed by atoms with E-state index in [0.29, 0.717) is 13.0 Å². The van der Waals surface area contributed by atoms with E-state index in [4.69, 9.17) is 4.74 Å². The predicted molar refractivity (Wildman–Crippen MR) is 83.7 cm³/mol. The molecule has 1 saturated heterocycles. The Balaban J connectivity index is 1.79. The molecule has 0 bridgehead atoms. The molecule has 3 nitrogen and oxygen atoms in total. The molecular formula is C17H31NO2. The van der Waals surface area contributed by atoms with Crippen LogP contribution in [0.25, 0.3) is 0 Å². The Morgan fingerprint density at radius 1 is 1.05 bits per heavy atom. The van der Waals surface area contributed by atoms with Crippen molar-refractivity contribution < 1.29 is 9.84 Å². The molecule has 1 aliphatic rings. The van der Waals surface area contributed by atoms with Crippen molar-refractivity contribution in [1.82, 2.24) is 4.90 Å². The van der Waals surface area contributed by atoms with E-state index in [-0.39, 0.29) is 0 Å². The van der Waals surface area contributed by atoms with Crippen LogP contribution in [0.15, 0.2) is 0 Å². The van der Waals surface area contributed by atoms with Gasteiger partial charge < -0.3 is 14.7 Å². The average Bonchev–Trinajstić information content (AvgIpc) is 2.47. The number of hydrogen-bond acceptors (Lipinski definition) is 3. The fourth-order valence-electron chi connectivity index (χ4n) is 2.61. The third-order valence-electron chi connectivity index (χ3n) is 3.81. The quantitative estimate of drug-likeness (QED) is 0.494. The van der Waals surface area contributed by atoms with Crippen molar-refractivity contribution in [2.24, 2.45) is 0 Å². The summed E-state index contributed by atoms with van der Waals surface area (Å²) >= 11 is 0. The number of hydrogen-bond donors (Lipinski definition) is 1. The SMILES string of the molecule is CC#CC(O)CCOCCCCCCN1CCCCC1. The number of nitrogens with zero attached hydrogens (tertiary/aromatic N) is 1. The second-order valence-corrected chi connectivity index (χ2v) is 5.63. The van der Waals surface area contributed by atoms with E-state index in [1.54, 1.807) is 6.92 Å². The molecule has 0 aromatic carbocycles. The highest BCUT2D eigenvalue weighted by atomic mass is 16.5. The van der Waals surface area contributed by atoms with E-state index >= 15 is 0 Å². The summed E-state index contributed by atoms with van der Waals surface area (Å²) in [5.74, 6) is 5.43. The Morgan fingerprint density at radius 2 is 1.80 bits per heavy atom. The molecule has 1 aliphatic heterocycles. The number of ether oxygens (including phenoxy) is 1. The molecule has 1 atom stereocenters. The Hall–Kier alpha value is -0.560. The van der Waals surface area contributed by atoms with Gasteiger partial charge in [-0.1, -0.05) is 25.2 Å². The lowest BCUT2D eigenvalue weighted by Gasteiger charge is -2.26. The van der Waals surface area contributed by atoms with E-state index < -0.39 is 6.10 Å². The molecule has 20 heavy (non-hydrogen) atoms. The second-order valence-electron chi connectivity index (χ2n) is 5.63. The maximum Gasteiger partial charge on any atom is 0.116 e. The summed E-state index contributed by atoms with van der Waals surface area (Å²) in [6.07, 6.45) is 9.33. The molecular weight excluding hydrogens is 250 g/mol. The molecule has 0 saturated carbocycles. The summed E-state index contributed by atoms with van der Waals surface area (Å²) in [5, 5.41) is 9.39. The van der Waals surface area contributed by atoms with Crippen molar-refractivity contribution in [2.75, 3.05) is 32.8 Å². The van der Waals surface area contributed by atoms with Gasteiger partial charge >= 0.3 is 0 Å². The fraction of sp³-hybridized carbons (Fsp3) is 0.882. The van der Waals surface area contributed by atoms with Gasteiger partial charge in [0.1, 0.15) is 6.10 Å².